The van der Waals surface area contributed by atoms with Gasteiger partial charge in [-0.15, -0.1) is 0 Å². The molecule has 0 saturated carbocycles. The van der Waals surface area contributed by atoms with E-state index in [4.69, 9.17) is 16.0 Å². The number of hydrogen-bond donors (Lipinski definition) is 0. The Kier molecular flexibility index (Phi) is 4.35. The summed E-state index contributed by atoms with van der Waals surface area (Å²) >= 11 is 7.55. The van der Waals surface area contributed by atoms with Gasteiger partial charge in [0.25, 0.3) is 0 Å². The second kappa shape index (κ2) is 6.79. The summed E-state index contributed by atoms with van der Waals surface area (Å²) in [5.41, 5.74) is 1.32. The minimum Gasteiger partial charge on any atom is -0.455 e. The summed E-state index contributed by atoms with van der Waals surface area (Å²) in [6, 6.07) is 24.4. The lowest BCUT2D eigenvalue weighted by molar-refractivity contribution is 0.605. The van der Waals surface area contributed by atoms with Crippen LogP contribution in [0.4, 0.5) is 0 Å². The third kappa shape index (κ3) is 3.21. The van der Waals surface area contributed by atoms with Gasteiger partial charge < -0.3 is 4.42 Å². The highest BCUT2D eigenvalue weighted by atomic mass is 35.5. The van der Waals surface area contributed by atoms with Gasteiger partial charge >= 0.3 is 0 Å². The molecule has 1 heterocycles. The second-order valence-electron chi connectivity index (χ2n) is 5.51. The lowest BCUT2D eigenvalue weighted by Crippen LogP contribution is -2.06. The molecule has 1 aromatic heterocycles. The van der Waals surface area contributed by atoms with Gasteiger partial charge in [-0.2, -0.15) is 0 Å². The average molecular weight is 365 g/mol. The van der Waals surface area contributed by atoms with Gasteiger partial charge in [0.2, 0.25) is 5.43 Å². The Hall–Kier alpha value is -2.49. The Morgan fingerprint density at radius 3 is 2.40 bits per heavy atom. The van der Waals surface area contributed by atoms with Crippen molar-refractivity contribution >= 4 is 34.3 Å². The topological polar surface area (TPSA) is 30.2 Å². The number of para-hydroxylation sites is 1. The number of fused-ring (bicyclic) bond motifs is 1. The van der Waals surface area contributed by atoms with Crippen LogP contribution in [-0.2, 0) is 0 Å². The predicted octanol–water partition coefficient (Wildman–Crippen LogP) is 6.26. The Bertz CT molecular complexity index is 1100. The van der Waals surface area contributed by atoms with Gasteiger partial charge in [0, 0.05) is 15.5 Å². The molecule has 0 N–H and O–H groups in total. The van der Waals surface area contributed by atoms with Gasteiger partial charge in [0.1, 0.15) is 10.5 Å². The molecular formula is C21H13ClO2S. The van der Waals surface area contributed by atoms with Crippen LogP contribution in [0.5, 0.6) is 0 Å². The smallest absolute Gasteiger partial charge is 0.207 e. The van der Waals surface area contributed by atoms with Crippen LogP contribution in [-0.4, -0.2) is 0 Å². The molecular weight excluding hydrogens is 352 g/mol. The largest absolute Gasteiger partial charge is 0.455 e. The molecule has 0 amide bonds. The van der Waals surface area contributed by atoms with Crippen LogP contribution in [0.25, 0.3) is 22.3 Å². The molecule has 0 aliphatic heterocycles. The van der Waals surface area contributed by atoms with E-state index in [0.717, 1.165) is 10.5 Å². The van der Waals surface area contributed by atoms with Crippen LogP contribution >= 0.6 is 23.4 Å². The standard InChI is InChI=1S/C21H13ClO2S/c22-15-8-6-7-14(13-15)20-21(25-16-9-2-1-3-10-16)19(23)17-11-4-5-12-18(17)24-20/h1-13H. The molecule has 4 aromatic rings. The average Bonchev–Trinajstić information content (AvgIpc) is 2.65. The van der Waals surface area contributed by atoms with Crippen molar-refractivity contribution in [2.75, 3.05) is 0 Å². The lowest BCUT2D eigenvalue weighted by Gasteiger charge is -2.10. The molecule has 122 valence electrons. The van der Waals surface area contributed by atoms with Crippen LogP contribution in [0.3, 0.4) is 0 Å². The number of hydrogen-bond acceptors (Lipinski definition) is 3. The van der Waals surface area contributed by atoms with Gasteiger partial charge in [-0.3, -0.25) is 4.79 Å². The summed E-state index contributed by atoms with van der Waals surface area (Å²) in [6.07, 6.45) is 0. The number of benzene rings is 3. The molecule has 0 aliphatic carbocycles. The van der Waals surface area contributed by atoms with Crippen LogP contribution < -0.4 is 5.43 Å². The molecule has 4 rings (SSSR count). The Morgan fingerprint density at radius 1 is 0.840 bits per heavy atom. The van der Waals surface area contributed by atoms with Gasteiger partial charge in [0.05, 0.1) is 5.39 Å². The molecule has 0 bridgehead atoms. The van der Waals surface area contributed by atoms with Crippen molar-refractivity contribution in [1.82, 2.24) is 0 Å². The van der Waals surface area contributed by atoms with E-state index in [-0.39, 0.29) is 5.43 Å². The van der Waals surface area contributed by atoms with E-state index in [2.05, 4.69) is 0 Å². The second-order valence-corrected chi connectivity index (χ2v) is 7.03. The maximum atomic E-state index is 13.1. The summed E-state index contributed by atoms with van der Waals surface area (Å²) in [7, 11) is 0. The monoisotopic (exact) mass is 364 g/mol. The zero-order valence-corrected chi connectivity index (χ0v) is 14.7. The molecule has 0 spiro atoms. The molecule has 4 heteroatoms. The van der Waals surface area contributed by atoms with E-state index < -0.39 is 0 Å². The van der Waals surface area contributed by atoms with Crippen LogP contribution in [0.1, 0.15) is 0 Å². The molecule has 0 unspecified atom stereocenters. The van der Waals surface area contributed by atoms with Crippen molar-refractivity contribution in [2.45, 2.75) is 9.79 Å². The predicted molar refractivity (Wildman–Crippen MR) is 103 cm³/mol. The first-order valence-corrected chi connectivity index (χ1v) is 8.96. The molecule has 25 heavy (non-hydrogen) atoms. The van der Waals surface area contributed by atoms with E-state index in [9.17, 15) is 4.79 Å². The van der Waals surface area contributed by atoms with Crippen LogP contribution in [0, 0.1) is 0 Å². The molecule has 3 aromatic carbocycles. The maximum absolute atomic E-state index is 13.1. The first-order valence-electron chi connectivity index (χ1n) is 7.77. The highest BCUT2D eigenvalue weighted by Crippen LogP contribution is 2.36. The Labute approximate surface area is 154 Å². The molecule has 0 radical (unpaired) electrons. The van der Waals surface area contributed by atoms with Gasteiger partial charge in [0.15, 0.2) is 5.76 Å². The van der Waals surface area contributed by atoms with E-state index in [1.165, 1.54) is 11.8 Å². The quantitative estimate of drug-likeness (QED) is 0.429. The van der Waals surface area contributed by atoms with Crippen molar-refractivity contribution in [3.63, 3.8) is 0 Å². The van der Waals surface area contributed by atoms with Crippen molar-refractivity contribution in [2.24, 2.45) is 0 Å². The number of rotatable bonds is 3. The zero-order valence-electron chi connectivity index (χ0n) is 13.1. The van der Waals surface area contributed by atoms with Gasteiger partial charge in [-0.25, -0.2) is 0 Å². The highest BCUT2D eigenvalue weighted by molar-refractivity contribution is 7.99. The highest BCUT2D eigenvalue weighted by Gasteiger charge is 2.17. The minimum atomic E-state index is -0.0364. The molecule has 0 saturated heterocycles. The van der Waals surface area contributed by atoms with Crippen molar-refractivity contribution in [3.8, 4) is 11.3 Å². The summed E-state index contributed by atoms with van der Waals surface area (Å²) in [4.78, 5) is 14.6. The van der Waals surface area contributed by atoms with E-state index in [1.54, 1.807) is 12.1 Å². The molecule has 0 atom stereocenters. The Morgan fingerprint density at radius 2 is 1.60 bits per heavy atom. The zero-order chi connectivity index (χ0) is 17.2. The molecule has 2 nitrogen and oxygen atoms in total. The first kappa shape index (κ1) is 16.0. The van der Waals surface area contributed by atoms with E-state index in [1.807, 2.05) is 66.7 Å². The third-order valence-electron chi connectivity index (χ3n) is 3.81. The lowest BCUT2D eigenvalue weighted by atomic mass is 10.1. The van der Waals surface area contributed by atoms with Crippen LogP contribution in [0.15, 0.2) is 97.9 Å². The van der Waals surface area contributed by atoms with Crippen molar-refractivity contribution < 1.29 is 4.42 Å². The Balaban J connectivity index is 1.99. The fourth-order valence-corrected chi connectivity index (χ4v) is 3.82. The van der Waals surface area contributed by atoms with Gasteiger partial charge in [-0.1, -0.05) is 65.8 Å². The van der Waals surface area contributed by atoms with E-state index >= 15 is 0 Å². The van der Waals surface area contributed by atoms with Gasteiger partial charge in [-0.05, 0) is 36.4 Å². The first-order chi connectivity index (χ1) is 12.2. The van der Waals surface area contributed by atoms with Crippen molar-refractivity contribution in [1.29, 1.82) is 0 Å². The fourth-order valence-electron chi connectivity index (χ4n) is 2.64. The summed E-state index contributed by atoms with van der Waals surface area (Å²) in [5.74, 6) is 0.542. The SMILES string of the molecule is O=c1c(Sc2ccccc2)c(-c2cccc(Cl)c2)oc2ccccc12. The fraction of sp³-hybridized carbons (Fsp3) is 0. The minimum absolute atomic E-state index is 0.0364. The summed E-state index contributed by atoms with van der Waals surface area (Å²) in [6.45, 7) is 0. The maximum Gasteiger partial charge on any atom is 0.207 e. The summed E-state index contributed by atoms with van der Waals surface area (Å²) < 4.78 is 6.11. The molecule has 0 fully saturated rings. The van der Waals surface area contributed by atoms with E-state index in [0.29, 0.717) is 26.6 Å². The normalized spacial score (nSPS) is 10.9. The van der Waals surface area contributed by atoms with Crippen LogP contribution in [0.2, 0.25) is 5.02 Å². The summed E-state index contributed by atoms with van der Waals surface area (Å²) in [5, 5.41) is 1.18. The number of halogens is 1. The molecule has 0 aliphatic rings. The van der Waals surface area contributed by atoms with Crippen molar-refractivity contribution in [3.05, 3.63) is 94.1 Å². The third-order valence-corrected chi connectivity index (χ3v) is 5.12.